The van der Waals surface area contributed by atoms with Gasteiger partial charge < -0.3 is 9.72 Å². The van der Waals surface area contributed by atoms with Crippen molar-refractivity contribution in [3.63, 3.8) is 0 Å². The van der Waals surface area contributed by atoms with Crippen LogP contribution in [-0.2, 0) is 4.74 Å². The van der Waals surface area contributed by atoms with Crippen molar-refractivity contribution in [1.82, 2.24) is 9.97 Å². The lowest BCUT2D eigenvalue weighted by Crippen LogP contribution is -2.21. The molecule has 0 aromatic carbocycles. The van der Waals surface area contributed by atoms with Gasteiger partial charge in [0.1, 0.15) is 16.4 Å². The van der Waals surface area contributed by atoms with Crippen LogP contribution in [0.15, 0.2) is 9.27 Å². The predicted molar refractivity (Wildman–Crippen MR) is 80.9 cm³/mol. The van der Waals surface area contributed by atoms with E-state index in [1.807, 2.05) is 6.92 Å². The lowest BCUT2D eigenvalue weighted by atomic mass is 10.0. The highest BCUT2D eigenvalue weighted by Gasteiger charge is 2.35. The average molecular weight is 341 g/mol. The zero-order valence-electron chi connectivity index (χ0n) is 11.8. The molecule has 0 aliphatic heterocycles. The fourth-order valence-electron chi connectivity index (χ4n) is 3.12. The van der Waals surface area contributed by atoms with Crippen LogP contribution in [-0.4, -0.2) is 16.6 Å². The molecule has 1 heterocycles. The van der Waals surface area contributed by atoms with Crippen LogP contribution in [0.5, 0.6) is 0 Å². The smallest absolute Gasteiger partial charge is 0.265 e. The summed E-state index contributed by atoms with van der Waals surface area (Å²) in [6.45, 7) is 2.64. The van der Waals surface area contributed by atoms with E-state index in [4.69, 9.17) is 9.72 Å². The highest BCUT2D eigenvalue weighted by Crippen LogP contribution is 2.43. The highest BCUT2D eigenvalue weighted by molar-refractivity contribution is 9.10. The molecule has 20 heavy (non-hydrogen) atoms. The van der Waals surface area contributed by atoms with Gasteiger partial charge in [0.05, 0.1) is 5.69 Å². The molecule has 0 bridgehead atoms. The normalized spacial score (nSPS) is 21.3. The Morgan fingerprint density at radius 2 is 2.05 bits per heavy atom. The number of halogens is 1. The lowest BCUT2D eigenvalue weighted by molar-refractivity contribution is 0.0396. The minimum atomic E-state index is -0.0674. The molecular weight excluding hydrogens is 320 g/mol. The van der Waals surface area contributed by atoms with Crippen LogP contribution in [0, 0.1) is 5.92 Å². The van der Waals surface area contributed by atoms with Crippen molar-refractivity contribution in [2.75, 3.05) is 6.61 Å². The van der Waals surface area contributed by atoms with Gasteiger partial charge in [-0.25, -0.2) is 4.98 Å². The number of ether oxygens (including phenoxy) is 1. The first-order valence-electron chi connectivity index (χ1n) is 7.62. The van der Waals surface area contributed by atoms with Crippen molar-refractivity contribution < 1.29 is 4.74 Å². The van der Waals surface area contributed by atoms with Crippen LogP contribution in [0.1, 0.15) is 69.0 Å². The topological polar surface area (TPSA) is 55.0 Å². The molecule has 2 saturated carbocycles. The van der Waals surface area contributed by atoms with Gasteiger partial charge in [0, 0.05) is 12.5 Å². The Labute approximate surface area is 127 Å². The quantitative estimate of drug-likeness (QED) is 0.889. The first-order chi connectivity index (χ1) is 9.70. The van der Waals surface area contributed by atoms with E-state index in [1.54, 1.807) is 0 Å². The van der Waals surface area contributed by atoms with E-state index < -0.39 is 0 Å². The van der Waals surface area contributed by atoms with Gasteiger partial charge in [-0.15, -0.1) is 0 Å². The van der Waals surface area contributed by atoms with Gasteiger partial charge in [-0.3, -0.25) is 4.79 Å². The molecule has 2 fully saturated rings. The third-order valence-corrected chi connectivity index (χ3v) is 5.08. The monoisotopic (exact) mass is 340 g/mol. The molecule has 1 aromatic rings. The van der Waals surface area contributed by atoms with Crippen LogP contribution in [0.25, 0.3) is 0 Å². The molecule has 1 N–H and O–H groups in total. The Morgan fingerprint density at radius 3 is 2.65 bits per heavy atom. The molecule has 2 aliphatic rings. The van der Waals surface area contributed by atoms with Crippen molar-refractivity contribution in [3.8, 4) is 0 Å². The Bertz CT molecular complexity index is 533. The number of aromatic amines is 1. The molecular formula is C15H21BrN2O2. The molecule has 3 rings (SSSR count). The third kappa shape index (κ3) is 2.84. The zero-order chi connectivity index (χ0) is 14.1. The molecule has 110 valence electrons. The van der Waals surface area contributed by atoms with Gasteiger partial charge in [-0.1, -0.05) is 12.8 Å². The summed E-state index contributed by atoms with van der Waals surface area (Å²) in [5.41, 5.74) is 0.869. The fourth-order valence-corrected chi connectivity index (χ4v) is 3.63. The molecule has 4 nitrogen and oxygen atoms in total. The summed E-state index contributed by atoms with van der Waals surface area (Å²) in [5, 5.41) is 0. The van der Waals surface area contributed by atoms with E-state index in [2.05, 4.69) is 20.9 Å². The van der Waals surface area contributed by atoms with E-state index in [0.717, 1.165) is 24.4 Å². The minimum absolute atomic E-state index is 0.0408. The summed E-state index contributed by atoms with van der Waals surface area (Å²) in [5.74, 6) is 1.67. The Morgan fingerprint density at radius 1 is 1.35 bits per heavy atom. The van der Waals surface area contributed by atoms with Gasteiger partial charge >= 0.3 is 0 Å². The SMILES string of the molecule is CCOC(c1nc(C2CCCC2)c(Br)c(=O)[nH]1)C1CC1. The maximum Gasteiger partial charge on any atom is 0.265 e. The van der Waals surface area contributed by atoms with Crippen molar-refractivity contribution in [3.05, 3.63) is 26.3 Å². The standard InChI is InChI=1S/C15H21BrN2O2/c1-2-20-13(10-7-8-10)14-17-12(9-5-3-4-6-9)11(16)15(19)18-14/h9-10,13H,2-8H2,1H3,(H,17,18,19). The van der Waals surface area contributed by atoms with Crippen LogP contribution in [0.3, 0.4) is 0 Å². The number of nitrogens with one attached hydrogen (secondary N) is 1. The number of aromatic nitrogens is 2. The summed E-state index contributed by atoms with van der Waals surface area (Å²) in [4.78, 5) is 19.8. The zero-order valence-corrected chi connectivity index (χ0v) is 13.4. The number of nitrogens with zero attached hydrogens (tertiary/aromatic N) is 1. The summed E-state index contributed by atoms with van der Waals surface area (Å²) in [6.07, 6.45) is 7.04. The summed E-state index contributed by atoms with van der Waals surface area (Å²) < 4.78 is 6.43. The Hall–Kier alpha value is -0.680. The maximum absolute atomic E-state index is 12.2. The van der Waals surface area contributed by atoms with Gasteiger partial charge in [0.2, 0.25) is 0 Å². The van der Waals surface area contributed by atoms with E-state index in [-0.39, 0.29) is 11.7 Å². The van der Waals surface area contributed by atoms with Gasteiger partial charge in [-0.05, 0) is 54.5 Å². The minimum Gasteiger partial charge on any atom is -0.370 e. The second kappa shape index (κ2) is 5.98. The lowest BCUT2D eigenvalue weighted by Gasteiger charge is -2.18. The number of rotatable bonds is 5. The molecule has 0 saturated heterocycles. The number of H-pyrrole nitrogens is 1. The number of hydrogen-bond acceptors (Lipinski definition) is 3. The highest BCUT2D eigenvalue weighted by atomic mass is 79.9. The molecule has 0 spiro atoms. The van der Waals surface area contributed by atoms with Gasteiger partial charge in [-0.2, -0.15) is 0 Å². The second-order valence-electron chi connectivity index (χ2n) is 5.85. The van der Waals surface area contributed by atoms with E-state index in [1.165, 1.54) is 25.7 Å². The van der Waals surface area contributed by atoms with Crippen LogP contribution in [0.4, 0.5) is 0 Å². The van der Waals surface area contributed by atoms with Crippen LogP contribution in [0.2, 0.25) is 0 Å². The summed E-state index contributed by atoms with van der Waals surface area (Å²) in [6, 6.07) is 0. The van der Waals surface area contributed by atoms with Crippen molar-refractivity contribution in [1.29, 1.82) is 0 Å². The Balaban J connectivity index is 1.96. The second-order valence-corrected chi connectivity index (χ2v) is 6.64. The summed E-state index contributed by atoms with van der Waals surface area (Å²) >= 11 is 3.42. The first kappa shape index (κ1) is 14.3. The predicted octanol–water partition coefficient (Wildman–Crippen LogP) is 3.68. The fraction of sp³-hybridized carbons (Fsp3) is 0.733. The van der Waals surface area contributed by atoms with Crippen molar-refractivity contribution in [2.24, 2.45) is 5.92 Å². The van der Waals surface area contributed by atoms with Gasteiger partial charge in [0.25, 0.3) is 5.56 Å². The molecule has 5 heteroatoms. The molecule has 2 aliphatic carbocycles. The maximum atomic E-state index is 12.2. The van der Waals surface area contributed by atoms with Crippen LogP contribution < -0.4 is 5.56 Å². The summed E-state index contributed by atoms with van der Waals surface area (Å²) in [7, 11) is 0. The molecule has 0 amide bonds. The van der Waals surface area contributed by atoms with Crippen LogP contribution >= 0.6 is 15.9 Å². The Kier molecular flexibility index (Phi) is 4.26. The molecule has 1 aromatic heterocycles. The van der Waals surface area contributed by atoms with Gasteiger partial charge in [0.15, 0.2) is 0 Å². The average Bonchev–Trinajstić information content (AvgIpc) is 3.13. The number of hydrogen-bond donors (Lipinski definition) is 1. The molecule has 0 radical (unpaired) electrons. The molecule has 1 unspecified atom stereocenters. The third-order valence-electron chi connectivity index (χ3n) is 4.31. The largest absolute Gasteiger partial charge is 0.370 e. The van der Waals surface area contributed by atoms with E-state index >= 15 is 0 Å². The van der Waals surface area contributed by atoms with E-state index in [9.17, 15) is 4.79 Å². The first-order valence-corrected chi connectivity index (χ1v) is 8.41. The van der Waals surface area contributed by atoms with Crippen molar-refractivity contribution in [2.45, 2.75) is 57.5 Å². The van der Waals surface area contributed by atoms with E-state index in [0.29, 0.717) is 22.9 Å². The van der Waals surface area contributed by atoms with Crippen molar-refractivity contribution >= 4 is 15.9 Å². The molecule has 1 atom stereocenters.